The second-order valence-corrected chi connectivity index (χ2v) is 12.1. The zero-order chi connectivity index (χ0) is 28.5. The van der Waals surface area contributed by atoms with Gasteiger partial charge in [-0.1, -0.05) is 73.2 Å². The van der Waals surface area contributed by atoms with Crippen LogP contribution < -0.4 is 5.32 Å². The molecule has 0 unspecified atom stereocenters. The Kier molecular flexibility index (Phi) is 9.95. The molecule has 4 rings (SSSR count). The molecule has 3 amide bonds. The molecule has 0 aliphatic carbocycles. The van der Waals surface area contributed by atoms with Gasteiger partial charge in [0.2, 0.25) is 15.9 Å². The van der Waals surface area contributed by atoms with Gasteiger partial charge in [0.15, 0.2) is 0 Å². The van der Waals surface area contributed by atoms with Crippen molar-refractivity contribution in [2.45, 2.75) is 50.6 Å². The molecule has 0 aromatic heterocycles. The van der Waals surface area contributed by atoms with Crippen LogP contribution in [0.1, 0.15) is 37.3 Å². The molecule has 0 bridgehead atoms. The van der Waals surface area contributed by atoms with E-state index in [1.165, 1.54) is 4.31 Å². The SMILES string of the molecule is CCCN(CC(=O)N(Cc1ccccc1)C1CCN(C(=O)Nc2ccc(C)cc2)CC1)S(=O)(=O)c1ccccc1. The second-order valence-electron chi connectivity index (χ2n) is 10.2. The minimum Gasteiger partial charge on any atom is -0.334 e. The average Bonchev–Trinajstić information content (AvgIpc) is 2.98. The number of hydrogen-bond donors (Lipinski definition) is 1. The van der Waals surface area contributed by atoms with Crippen LogP contribution in [0.4, 0.5) is 10.5 Å². The number of sulfonamides is 1. The van der Waals surface area contributed by atoms with E-state index < -0.39 is 10.0 Å². The molecule has 0 saturated carbocycles. The van der Waals surface area contributed by atoms with E-state index in [1.807, 2.05) is 68.4 Å². The van der Waals surface area contributed by atoms with Crippen molar-refractivity contribution >= 4 is 27.6 Å². The number of nitrogens with zero attached hydrogens (tertiary/aromatic N) is 3. The largest absolute Gasteiger partial charge is 0.334 e. The van der Waals surface area contributed by atoms with Gasteiger partial charge in [-0.3, -0.25) is 4.79 Å². The van der Waals surface area contributed by atoms with Crippen molar-refractivity contribution in [3.8, 4) is 0 Å². The van der Waals surface area contributed by atoms with E-state index in [1.54, 1.807) is 40.1 Å². The fourth-order valence-corrected chi connectivity index (χ4v) is 6.44. The smallest absolute Gasteiger partial charge is 0.321 e. The molecule has 1 aliphatic rings. The minimum atomic E-state index is -3.82. The summed E-state index contributed by atoms with van der Waals surface area (Å²) in [4.78, 5) is 30.4. The molecule has 8 nitrogen and oxygen atoms in total. The molecule has 40 heavy (non-hydrogen) atoms. The topological polar surface area (TPSA) is 90.0 Å². The van der Waals surface area contributed by atoms with E-state index in [4.69, 9.17) is 0 Å². The van der Waals surface area contributed by atoms with Crippen LogP contribution in [0.2, 0.25) is 0 Å². The summed E-state index contributed by atoms with van der Waals surface area (Å²) in [6.07, 6.45) is 1.81. The number of carbonyl (C=O) groups is 2. The van der Waals surface area contributed by atoms with E-state index >= 15 is 0 Å². The summed E-state index contributed by atoms with van der Waals surface area (Å²) >= 11 is 0. The summed E-state index contributed by atoms with van der Waals surface area (Å²) in [7, 11) is -3.82. The molecule has 1 N–H and O–H groups in total. The van der Waals surface area contributed by atoms with Crippen LogP contribution in [0.25, 0.3) is 0 Å². The lowest BCUT2D eigenvalue weighted by molar-refractivity contribution is -0.135. The first-order valence-electron chi connectivity index (χ1n) is 13.8. The first kappa shape index (κ1) is 29.3. The fourth-order valence-electron chi connectivity index (χ4n) is 4.94. The van der Waals surface area contributed by atoms with Gasteiger partial charge in [0.25, 0.3) is 0 Å². The minimum absolute atomic E-state index is 0.112. The maximum atomic E-state index is 13.8. The van der Waals surface area contributed by atoms with Crippen molar-refractivity contribution in [2.24, 2.45) is 0 Å². The monoisotopic (exact) mass is 562 g/mol. The van der Waals surface area contributed by atoms with E-state index in [2.05, 4.69) is 5.32 Å². The van der Waals surface area contributed by atoms with Crippen molar-refractivity contribution in [3.05, 3.63) is 96.1 Å². The summed E-state index contributed by atoms with van der Waals surface area (Å²) in [6.45, 7) is 5.30. The Balaban J connectivity index is 1.47. The van der Waals surface area contributed by atoms with Gasteiger partial charge >= 0.3 is 6.03 Å². The molecular formula is C31H38N4O4S. The highest BCUT2D eigenvalue weighted by Gasteiger charge is 2.33. The molecule has 3 aromatic rings. The number of anilines is 1. The van der Waals surface area contributed by atoms with E-state index in [9.17, 15) is 18.0 Å². The number of likely N-dealkylation sites (tertiary alicyclic amines) is 1. The number of benzene rings is 3. The zero-order valence-corrected chi connectivity index (χ0v) is 24.0. The summed E-state index contributed by atoms with van der Waals surface area (Å²) in [5.41, 5.74) is 2.84. The third-order valence-corrected chi connectivity index (χ3v) is 9.04. The lowest BCUT2D eigenvalue weighted by Crippen LogP contribution is -2.51. The predicted molar refractivity (Wildman–Crippen MR) is 157 cm³/mol. The zero-order valence-electron chi connectivity index (χ0n) is 23.2. The van der Waals surface area contributed by atoms with E-state index in [0.29, 0.717) is 38.9 Å². The Morgan fingerprint density at radius 1 is 0.900 bits per heavy atom. The number of rotatable bonds is 10. The van der Waals surface area contributed by atoms with Gasteiger partial charge in [-0.15, -0.1) is 0 Å². The third kappa shape index (κ3) is 7.49. The normalized spacial score (nSPS) is 14.2. The maximum Gasteiger partial charge on any atom is 0.321 e. The highest BCUT2D eigenvalue weighted by molar-refractivity contribution is 7.89. The molecule has 1 aliphatic heterocycles. The average molecular weight is 563 g/mol. The summed E-state index contributed by atoms with van der Waals surface area (Å²) in [5.74, 6) is -0.237. The van der Waals surface area contributed by atoms with Gasteiger partial charge in [0.1, 0.15) is 0 Å². The molecule has 1 fully saturated rings. The molecular weight excluding hydrogens is 524 g/mol. The summed E-state index contributed by atoms with van der Waals surface area (Å²) < 4.78 is 28.1. The Labute approximate surface area is 237 Å². The first-order valence-corrected chi connectivity index (χ1v) is 15.2. The standard InChI is InChI=1S/C31H38N4O4S/c1-3-20-34(40(38,39)29-12-8-5-9-13-29)24-30(36)35(23-26-10-6-4-7-11-26)28-18-21-33(22-19-28)31(37)32-27-16-14-25(2)15-17-27/h4-17,28H,3,18-24H2,1-2H3,(H,32,37). The molecule has 0 atom stereocenters. The van der Waals surface area contributed by atoms with Crippen LogP contribution in [0.3, 0.4) is 0 Å². The lowest BCUT2D eigenvalue weighted by Gasteiger charge is -2.39. The Morgan fingerprint density at radius 2 is 1.50 bits per heavy atom. The maximum absolute atomic E-state index is 13.8. The van der Waals surface area contributed by atoms with Gasteiger partial charge in [0.05, 0.1) is 11.4 Å². The highest BCUT2D eigenvalue weighted by atomic mass is 32.2. The Morgan fingerprint density at radius 3 is 2.10 bits per heavy atom. The molecule has 0 spiro atoms. The number of hydrogen-bond acceptors (Lipinski definition) is 4. The number of amides is 3. The second kappa shape index (κ2) is 13.6. The van der Waals surface area contributed by atoms with Crippen LogP contribution in [-0.2, 0) is 21.4 Å². The number of urea groups is 1. The van der Waals surface area contributed by atoms with Crippen LogP contribution in [0, 0.1) is 6.92 Å². The first-order chi connectivity index (χ1) is 19.3. The number of nitrogens with one attached hydrogen (secondary N) is 1. The van der Waals surface area contributed by atoms with Crippen LogP contribution in [0.5, 0.6) is 0 Å². The van der Waals surface area contributed by atoms with Gasteiger partial charge in [-0.2, -0.15) is 4.31 Å². The molecule has 1 heterocycles. The van der Waals surface area contributed by atoms with Crippen LogP contribution >= 0.6 is 0 Å². The lowest BCUT2D eigenvalue weighted by atomic mass is 10.0. The van der Waals surface area contributed by atoms with Crippen molar-refractivity contribution in [3.63, 3.8) is 0 Å². The molecule has 212 valence electrons. The Bertz CT molecular complexity index is 1360. The van der Waals surface area contributed by atoms with Gasteiger partial charge in [0, 0.05) is 37.9 Å². The van der Waals surface area contributed by atoms with Crippen molar-refractivity contribution in [1.82, 2.24) is 14.1 Å². The van der Waals surface area contributed by atoms with Crippen LogP contribution in [0.15, 0.2) is 89.8 Å². The van der Waals surface area contributed by atoms with Crippen molar-refractivity contribution in [1.29, 1.82) is 0 Å². The molecule has 1 saturated heterocycles. The molecule has 3 aromatic carbocycles. The number of carbonyl (C=O) groups excluding carboxylic acids is 2. The molecule has 0 radical (unpaired) electrons. The summed E-state index contributed by atoms with van der Waals surface area (Å²) in [6, 6.07) is 25.4. The van der Waals surface area contributed by atoms with Gasteiger partial charge in [-0.25, -0.2) is 13.2 Å². The third-order valence-electron chi connectivity index (χ3n) is 7.18. The quantitative estimate of drug-likeness (QED) is 0.371. The number of aryl methyl sites for hydroxylation is 1. The van der Waals surface area contributed by atoms with Gasteiger partial charge in [-0.05, 0) is 56.0 Å². The summed E-state index contributed by atoms with van der Waals surface area (Å²) in [5, 5.41) is 2.95. The van der Waals surface area contributed by atoms with Crippen molar-refractivity contribution in [2.75, 3.05) is 31.5 Å². The number of piperidine rings is 1. The fraction of sp³-hybridized carbons (Fsp3) is 0.355. The van der Waals surface area contributed by atoms with Crippen LogP contribution in [-0.4, -0.2) is 66.7 Å². The highest BCUT2D eigenvalue weighted by Crippen LogP contribution is 2.22. The Hall–Kier alpha value is -3.69. The molecule has 9 heteroatoms. The van der Waals surface area contributed by atoms with Gasteiger partial charge < -0.3 is 15.1 Å². The van der Waals surface area contributed by atoms with Crippen molar-refractivity contribution < 1.29 is 18.0 Å². The van der Waals surface area contributed by atoms with E-state index in [-0.39, 0.29) is 36.0 Å². The predicted octanol–water partition coefficient (Wildman–Crippen LogP) is 5.12. The van der Waals surface area contributed by atoms with E-state index in [0.717, 1.165) is 16.8 Å².